The van der Waals surface area contributed by atoms with Crippen LogP contribution in [0, 0.1) is 0 Å². The Balaban J connectivity index is 1.44. The summed E-state index contributed by atoms with van der Waals surface area (Å²) in [6.07, 6.45) is 2.31. The summed E-state index contributed by atoms with van der Waals surface area (Å²) < 4.78 is 11.7. The number of carbonyl (C=O) groups excluding carboxylic acids is 1. The number of carbonyl (C=O) groups is 1. The van der Waals surface area contributed by atoms with Crippen molar-refractivity contribution in [1.82, 2.24) is 10.5 Å². The zero-order valence-electron chi connectivity index (χ0n) is 13.6. The molecule has 126 valence electrons. The van der Waals surface area contributed by atoms with Crippen molar-refractivity contribution in [2.45, 2.75) is 19.4 Å². The Bertz CT molecular complexity index is 1000. The third kappa shape index (κ3) is 3.21. The number of rotatable bonds is 5. The highest BCUT2D eigenvalue weighted by Gasteiger charge is 2.17. The molecule has 4 aromatic rings. The van der Waals surface area contributed by atoms with Crippen LogP contribution in [0.4, 0.5) is 0 Å². The van der Waals surface area contributed by atoms with E-state index >= 15 is 0 Å². The first-order valence-corrected chi connectivity index (χ1v) is 8.85. The predicted molar refractivity (Wildman–Crippen MR) is 96.7 cm³/mol. The minimum absolute atomic E-state index is 0.0192. The summed E-state index contributed by atoms with van der Waals surface area (Å²) in [4.78, 5) is 12.4. The molecule has 0 bridgehead atoms. The summed E-state index contributed by atoms with van der Waals surface area (Å²) in [5, 5.41) is 10.2. The molecule has 0 aliphatic heterocycles. The van der Waals surface area contributed by atoms with Gasteiger partial charge in [0, 0.05) is 16.8 Å². The Morgan fingerprint density at radius 1 is 1.24 bits per heavy atom. The molecule has 0 saturated heterocycles. The normalized spacial score (nSPS) is 12.4. The van der Waals surface area contributed by atoms with E-state index in [1.54, 1.807) is 35.8 Å². The van der Waals surface area contributed by atoms with Gasteiger partial charge in [-0.25, -0.2) is 0 Å². The molecule has 1 N–H and O–H groups in total. The average Bonchev–Trinajstić information content (AvgIpc) is 3.35. The fourth-order valence-corrected chi connectivity index (χ4v) is 3.76. The zero-order valence-corrected chi connectivity index (χ0v) is 14.4. The van der Waals surface area contributed by atoms with Gasteiger partial charge >= 0.3 is 0 Å². The first-order chi connectivity index (χ1) is 12.2. The van der Waals surface area contributed by atoms with E-state index in [2.05, 4.69) is 28.0 Å². The van der Waals surface area contributed by atoms with E-state index in [1.165, 1.54) is 15.6 Å². The standard InChI is InChI=1S/C19H16N2O3S/c1-12(9-13-11-25-18-7-3-2-5-14(13)18)20-19(22)15-10-17(24-21-15)16-6-4-8-23-16/h2-8,10-12H,9H2,1H3,(H,20,22)/t12-/m1/s1. The highest BCUT2D eigenvalue weighted by Crippen LogP contribution is 2.26. The van der Waals surface area contributed by atoms with Crippen LogP contribution in [0.25, 0.3) is 21.6 Å². The molecule has 5 nitrogen and oxygen atoms in total. The Morgan fingerprint density at radius 3 is 2.96 bits per heavy atom. The third-order valence-electron chi connectivity index (χ3n) is 3.97. The van der Waals surface area contributed by atoms with Gasteiger partial charge in [0.15, 0.2) is 11.5 Å². The molecule has 0 aliphatic rings. The van der Waals surface area contributed by atoms with E-state index in [1.807, 2.05) is 19.1 Å². The van der Waals surface area contributed by atoms with Crippen LogP contribution >= 0.6 is 11.3 Å². The molecule has 1 amide bonds. The summed E-state index contributed by atoms with van der Waals surface area (Å²) in [7, 11) is 0. The maximum Gasteiger partial charge on any atom is 0.273 e. The predicted octanol–water partition coefficient (Wildman–Crippen LogP) is 4.51. The van der Waals surface area contributed by atoms with Gasteiger partial charge in [0.25, 0.3) is 5.91 Å². The summed E-state index contributed by atoms with van der Waals surface area (Å²) in [5.41, 5.74) is 1.48. The molecular formula is C19H16N2O3S. The number of furan rings is 1. The van der Waals surface area contributed by atoms with Crippen molar-refractivity contribution < 1.29 is 13.7 Å². The number of fused-ring (bicyclic) bond motifs is 1. The second kappa shape index (κ2) is 6.57. The number of aromatic nitrogens is 1. The van der Waals surface area contributed by atoms with Gasteiger partial charge in [0.2, 0.25) is 5.76 Å². The van der Waals surface area contributed by atoms with Crippen molar-refractivity contribution in [3.63, 3.8) is 0 Å². The maximum absolute atomic E-state index is 12.4. The lowest BCUT2D eigenvalue weighted by Gasteiger charge is -2.12. The number of hydrogen-bond donors (Lipinski definition) is 1. The van der Waals surface area contributed by atoms with Gasteiger partial charge in [-0.05, 0) is 47.9 Å². The summed E-state index contributed by atoms with van der Waals surface area (Å²) in [6, 6.07) is 13.4. The highest BCUT2D eigenvalue weighted by atomic mass is 32.1. The van der Waals surface area contributed by atoms with Crippen LogP contribution in [0.1, 0.15) is 23.0 Å². The van der Waals surface area contributed by atoms with Crippen LogP contribution < -0.4 is 5.32 Å². The van der Waals surface area contributed by atoms with Crippen molar-refractivity contribution in [3.05, 3.63) is 65.4 Å². The summed E-state index contributed by atoms with van der Waals surface area (Å²) in [6.45, 7) is 1.98. The molecule has 0 unspecified atom stereocenters. The van der Waals surface area contributed by atoms with E-state index in [0.717, 1.165) is 6.42 Å². The first kappa shape index (κ1) is 15.7. The van der Waals surface area contributed by atoms with Gasteiger partial charge < -0.3 is 14.3 Å². The van der Waals surface area contributed by atoms with Crippen LogP contribution in [-0.4, -0.2) is 17.1 Å². The minimum atomic E-state index is -0.256. The number of thiophene rings is 1. The SMILES string of the molecule is C[C@H](Cc1csc2ccccc12)NC(=O)c1cc(-c2ccco2)on1. The van der Waals surface area contributed by atoms with Gasteiger partial charge in [-0.2, -0.15) is 0 Å². The minimum Gasteiger partial charge on any atom is -0.461 e. The number of nitrogens with zero attached hydrogens (tertiary/aromatic N) is 1. The quantitative estimate of drug-likeness (QED) is 0.574. The number of benzene rings is 1. The van der Waals surface area contributed by atoms with E-state index in [0.29, 0.717) is 11.5 Å². The Kier molecular flexibility index (Phi) is 4.11. The molecule has 0 spiro atoms. The fraction of sp³-hybridized carbons (Fsp3) is 0.158. The average molecular weight is 352 g/mol. The van der Waals surface area contributed by atoms with Gasteiger partial charge in [-0.15, -0.1) is 11.3 Å². The lowest BCUT2D eigenvalue weighted by molar-refractivity contribution is 0.0931. The zero-order chi connectivity index (χ0) is 17.2. The van der Waals surface area contributed by atoms with E-state index < -0.39 is 0 Å². The van der Waals surface area contributed by atoms with Gasteiger partial charge in [-0.3, -0.25) is 4.79 Å². The number of hydrogen-bond acceptors (Lipinski definition) is 5. The molecule has 3 aromatic heterocycles. The van der Waals surface area contributed by atoms with Gasteiger partial charge in [0.05, 0.1) is 6.26 Å². The molecule has 4 rings (SSSR count). The van der Waals surface area contributed by atoms with Crippen LogP contribution in [0.5, 0.6) is 0 Å². The topological polar surface area (TPSA) is 68.3 Å². The first-order valence-electron chi connectivity index (χ1n) is 7.97. The highest BCUT2D eigenvalue weighted by molar-refractivity contribution is 7.17. The summed E-state index contributed by atoms with van der Waals surface area (Å²) >= 11 is 1.72. The van der Waals surface area contributed by atoms with E-state index in [4.69, 9.17) is 8.94 Å². The van der Waals surface area contributed by atoms with Gasteiger partial charge in [0.1, 0.15) is 0 Å². The van der Waals surface area contributed by atoms with Crippen LogP contribution in [0.2, 0.25) is 0 Å². The van der Waals surface area contributed by atoms with Crippen molar-refractivity contribution in [3.8, 4) is 11.5 Å². The molecule has 0 fully saturated rings. The molecule has 0 radical (unpaired) electrons. The molecule has 25 heavy (non-hydrogen) atoms. The molecular weight excluding hydrogens is 336 g/mol. The molecule has 0 saturated carbocycles. The van der Waals surface area contributed by atoms with E-state index in [9.17, 15) is 4.79 Å². The Hall–Kier alpha value is -2.86. The summed E-state index contributed by atoms with van der Waals surface area (Å²) in [5.74, 6) is 0.726. The maximum atomic E-state index is 12.4. The van der Waals surface area contributed by atoms with Crippen molar-refractivity contribution in [2.24, 2.45) is 0 Å². The molecule has 6 heteroatoms. The Morgan fingerprint density at radius 2 is 2.12 bits per heavy atom. The van der Waals surface area contributed by atoms with Crippen LogP contribution in [0.15, 0.2) is 63.0 Å². The van der Waals surface area contributed by atoms with E-state index in [-0.39, 0.29) is 17.6 Å². The molecule has 3 heterocycles. The molecule has 1 aromatic carbocycles. The second-order valence-electron chi connectivity index (χ2n) is 5.89. The lowest BCUT2D eigenvalue weighted by Crippen LogP contribution is -2.34. The monoisotopic (exact) mass is 352 g/mol. The smallest absolute Gasteiger partial charge is 0.273 e. The van der Waals surface area contributed by atoms with Crippen LogP contribution in [-0.2, 0) is 6.42 Å². The number of amides is 1. The molecule has 0 aliphatic carbocycles. The lowest BCUT2D eigenvalue weighted by atomic mass is 10.1. The van der Waals surface area contributed by atoms with Crippen molar-refractivity contribution >= 4 is 27.3 Å². The third-order valence-corrected chi connectivity index (χ3v) is 4.98. The van der Waals surface area contributed by atoms with Crippen LogP contribution in [0.3, 0.4) is 0 Å². The fourth-order valence-electron chi connectivity index (χ4n) is 2.79. The second-order valence-corrected chi connectivity index (χ2v) is 6.80. The molecule has 1 atom stereocenters. The Labute approximate surface area is 148 Å². The largest absolute Gasteiger partial charge is 0.461 e. The van der Waals surface area contributed by atoms with Gasteiger partial charge in [-0.1, -0.05) is 23.4 Å². The van der Waals surface area contributed by atoms with Crippen molar-refractivity contribution in [2.75, 3.05) is 0 Å². The van der Waals surface area contributed by atoms with Crippen molar-refractivity contribution in [1.29, 1.82) is 0 Å². The number of nitrogens with one attached hydrogen (secondary N) is 1.